The zero-order chi connectivity index (χ0) is 22.1. The van der Waals surface area contributed by atoms with Crippen LogP contribution in [0.1, 0.15) is 50.8 Å². The van der Waals surface area contributed by atoms with Crippen molar-refractivity contribution in [2.24, 2.45) is 0 Å². The Bertz CT molecular complexity index is 1110. The molecular weight excluding hydrogens is 400 g/mol. The Labute approximate surface area is 189 Å². The fourth-order valence-electron chi connectivity index (χ4n) is 5.09. The quantitative estimate of drug-likeness (QED) is 0.667. The van der Waals surface area contributed by atoms with E-state index in [0.717, 1.165) is 61.6 Å². The van der Waals surface area contributed by atoms with Crippen LogP contribution in [0, 0.1) is 6.92 Å². The lowest BCUT2D eigenvalue weighted by molar-refractivity contribution is 0.0789. The summed E-state index contributed by atoms with van der Waals surface area (Å²) in [6, 6.07) is 16.3. The van der Waals surface area contributed by atoms with Crippen LogP contribution in [0.4, 0.5) is 0 Å². The Balaban J connectivity index is 1.30. The van der Waals surface area contributed by atoms with E-state index in [1.54, 1.807) is 7.11 Å². The molecular formula is C26H30N4O2. The summed E-state index contributed by atoms with van der Waals surface area (Å²) in [6.07, 6.45) is 1.94. The van der Waals surface area contributed by atoms with Crippen molar-refractivity contribution in [2.75, 3.05) is 26.7 Å². The molecule has 5 rings (SSSR count). The molecule has 2 aliphatic heterocycles. The zero-order valence-corrected chi connectivity index (χ0v) is 18.8. The molecule has 0 bridgehead atoms. The Morgan fingerprint density at radius 2 is 2.00 bits per heavy atom. The van der Waals surface area contributed by atoms with Crippen LogP contribution in [0.2, 0.25) is 0 Å². The minimum absolute atomic E-state index is 0.0824. The summed E-state index contributed by atoms with van der Waals surface area (Å²) in [5.74, 6) is 1.12. The SMILES string of the molecule is COc1cccc(C(=O)N2CCC(c3n[nH]c4c3CN(Cc3ccccc3)CC4)C2)c1C. The van der Waals surface area contributed by atoms with E-state index >= 15 is 0 Å². The molecule has 3 aromatic rings. The van der Waals surface area contributed by atoms with Crippen molar-refractivity contribution >= 4 is 5.91 Å². The van der Waals surface area contributed by atoms with Crippen LogP contribution in [0.5, 0.6) is 5.75 Å². The summed E-state index contributed by atoms with van der Waals surface area (Å²) in [5, 5.41) is 8.01. The number of carbonyl (C=O) groups is 1. The largest absolute Gasteiger partial charge is 0.496 e. The number of hydrogen-bond donors (Lipinski definition) is 1. The van der Waals surface area contributed by atoms with Crippen LogP contribution < -0.4 is 4.74 Å². The fraction of sp³-hybridized carbons (Fsp3) is 0.385. The van der Waals surface area contributed by atoms with Gasteiger partial charge < -0.3 is 9.64 Å². The smallest absolute Gasteiger partial charge is 0.254 e. The first-order chi connectivity index (χ1) is 15.6. The zero-order valence-electron chi connectivity index (χ0n) is 18.8. The summed E-state index contributed by atoms with van der Waals surface area (Å²) in [7, 11) is 1.64. The molecule has 2 aliphatic rings. The molecule has 1 N–H and O–H groups in total. The number of ether oxygens (including phenoxy) is 1. The van der Waals surface area contributed by atoms with Crippen LogP contribution in [0.3, 0.4) is 0 Å². The molecule has 1 amide bonds. The van der Waals surface area contributed by atoms with Gasteiger partial charge in [0.15, 0.2) is 0 Å². The van der Waals surface area contributed by atoms with Crippen molar-refractivity contribution in [1.29, 1.82) is 0 Å². The van der Waals surface area contributed by atoms with Crippen molar-refractivity contribution in [3.05, 3.63) is 82.2 Å². The molecule has 3 heterocycles. The second-order valence-corrected chi connectivity index (χ2v) is 8.88. The van der Waals surface area contributed by atoms with Gasteiger partial charge in [0, 0.05) is 67.4 Å². The number of methoxy groups -OCH3 is 1. The summed E-state index contributed by atoms with van der Waals surface area (Å²) in [6.45, 7) is 6.32. The van der Waals surface area contributed by atoms with Gasteiger partial charge >= 0.3 is 0 Å². The fourth-order valence-corrected chi connectivity index (χ4v) is 5.09. The number of hydrogen-bond acceptors (Lipinski definition) is 4. The molecule has 6 nitrogen and oxygen atoms in total. The molecule has 1 fully saturated rings. The highest BCUT2D eigenvalue weighted by Gasteiger charge is 2.33. The Hall–Kier alpha value is -3.12. The van der Waals surface area contributed by atoms with Gasteiger partial charge in [0.25, 0.3) is 5.91 Å². The highest BCUT2D eigenvalue weighted by molar-refractivity contribution is 5.96. The van der Waals surface area contributed by atoms with Gasteiger partial charge in [-0.25, -0.2) is 0 Å². The lowest BCUT2D eigenvalue weighted by Crippen LogP contribution is -2.31. The maximum atomic E-state index is 13.2. The second-order valence-electron chi connectivity index (χ2n) is 8.88. The molecule has 0 saturated carbocycles. The Morgan fingerprint density at radius 3 is 2.81 bits per heavy atom. The second kappa shape index (κ2) is 8.79. The topological polar surface area (TPSA) is 61.5 Å². The van der Waals surface area contributed by atoms with Crippen LogP contribution >= 0.6 is 0 Å². The maximum absolute atomic E-state index is 13.2. The third-order valence-corrected chi connectivity index (χ3v) is 6.89. The molecule has 32 heavy (non-hydrogen) atoms. The van der Waals surface area contributed by atoms with E-state index in [0.29, 0.717) is 6.54 Å². The molecule has 2 aromatic carbocycles. The Morgan fingerprint density at radius 1 is 1.16 bits per heavy atom. The predicted molar refractivity (Wildman–Crippen MR) is 124 cm³/mol. The van der Waals surface area contributed by atoms with E-state index in [2.05, 4.69) is 40.3 Å². The molecule has 166 valence electrons. The third-order valence-electron chi connectivity index (χ3n) is 6.89. The molecule has 0 radical (unpaired) electrons. The number of aromatic amines is 1. The number of amides is 1. The van der Waals surface area contributed by atoms with Crippen molar-refractivity contribution in [2.45, 2.75) is 38.8 Å². The first kappa shape index (κ1) is 20.8. The summed E-state index contributed by atoms with van der Waals surface area (Å²) in [4.78, 5) is 17.7. The van der Waals surface area contributed by atoms with Crippen molar-refractivity contribution < 1.29 is 9.53 Å². The number of likely N-dealkylation sites (tertiary alicyclic amines) is 1. The average molecular weight is 431 g/mol. The highest BCUT2D eigenvalue weighted by atomic mass is 16.5. The lowest BCUT2D eigenvalue weighted by Gasteiger charge is -2.27. The maximum Gasteiger partial charge on any atom is 0.254 e. The number of carbonyl (C=O) groups excluding carboxylic acids is 1. The molecule has 1 saturated heterocycles. The number of aromatic nitrogens is 2. The van der Waals surface area contributed by atoms with E-state index in [1.807, 2.05) is 30.0 Å². The van der Waals surface area contributed by atoms with E-state index in [9.17, 15) is 4.79 Å². The van der Waals surface area contributed by atoms with E-state index < -0.39 is 0 Å². The van der Waals surface area contributed by atoms with Gasteiger partial charge in [-0.05, 0) is 31.0 Å². The standard InChI is InChI=1S/C26H30N4O2/c1-18-21(9-6-10-24(18)32-2)26(31)30-14-11-20(16-30)25-22-17-29(13-12-23(22)27-28-25)15-19-7-4-3-5-8-19/h3-10,20H,11-17H2,1-2H3,(H,27,28). The lowest BCUT2D eigenvalue weighted by atomic mass is 9.96. The number of fused-ring (bicyclic) bond motifs is 1. The van der Waals surface area contributed by atoms with Gasteiger partial charge in [0.1, 0.15) is 5.75 Å². The minimum Gasteiger partial charge on any atom is -0.496 e. The van der Waals surface area contributed by atoms with Gasteiger partial charge in [0.05, 0.1) is 12.8 Å². The van der Waals surface area contributed by atoms with Gasteiger partial charge in [-0.2, -0.15) is 5.10 Å². The van der Waals surface area contributed by atoms with Gasteiger partial charge in [-0.15, -0.1) is 0 Å². The highest BCUT2D eigenvalue weighted by Crippen LogP contribution is 2.33. The summed E-state index contributed by atoms with van der Waals surface area (Å²) < 4.78 is 5.40. The molecule has 1 aromatic heterocycles. The van der Waals surface area contributed by atoms with Crippen molar-refractivity contribution in [1.82, 2.24) is 20.0 Å². The van der Waals surface area contributed by atoms with Crippen LogP contribution in [0.15, 0.2) is 48.5 Å². The summed E-state index contributed by atoms with van der Waals surface area (Å²) in [5.41, 5.74) is 6.71. The van der Waals surface area contributed by atoms with Gasteiger partial charge in [-0.3, -0.25) is 14.8 Å². The van der Waals surface area contributed by atoms with Crippen molar-refractivity contribution in [3.63, 3.8) is 0 Å². The molecule has 0 aliphatic carbocycles. The number of benzene rings is 2. The van der Waals surface area contributed by atoms with E-state index in [4.69, 9.17) is 9.84 Å². The third kappa shape index (κ3) is 3.91. The van der Waals surface area contributed by atoms with E-state index in [-0.39, 0.29) is 11.8 Å². The Kier molecular flexibility index (Phi) is 5.70. The van der Waals surface area contributed by atoms with Crippen LogP contribution in [0.25, 0.3) is 0 Å². The first-order valence-electron chi connectivity index (χ1n) is 11.4. The van der Waals surface area contributed by atoms with Gasteiger partial charge in [-0.1, -0.05) is 36.4 Å². The number of rotatable bonds is 5. The van der Waals surface area contributed by atoms with Crippen molar-refractivity contribution in [3.8, 4) is 5.75 Å². The molecule has 1 unspecified atom stereocenters. The summed E-state index contributed by atoms with van der Waals surface area (Å²) >= 11 is 0. The predicted octanol–water partition coefficient (Wildman–Crippen LogP) is 3.91. The molecule has 6 heteroatoms. The van der Waals surface area contributed by atoms with Crippen LogP contribution in [-0.2, 0) is 19.5 Å². The number of nitrogens with zero attached hydrogens (tertiary/aromatic N) is 3. The van der Waals surface area contributed by atoms with Crippen LogP contribution in [-0.4, -0.2) is 52.6 Å². The monoisotopic (exact) mass is 430 g/mol. The van der Waals surface area contributed by atoms with E-state index in [1.165, 1.54) is 16.8 Å². The average Bonchev–Trinajstić information content (AvgIpc) is 3.46. The minimum atomic E-state index is 0.0824. The number of nitrogens with one attached hydrogen (secondary N) is 1. The first-order valence-corrected chi connectivity index (χ1v) is 11.4. The number of H-pyrrole nitrogens is 1. The normalized spacial score (nSPS) is 18.6. The van der Waals surface area contributed by atoms with Gasteiger partial charge in [0.2, 0.25) is 0 Å². The molecule has 0 spiro atoms. The molecule has 1 atom stereocenters.